The summed E-state index contributed by atoms with van der Waals surface area (Å²) in [7, 11) is 0. The molecule has 3 aromatic rings. The Labute approximate surface area is 188 Å². The number of amides is 1. The topological polar surface area (TPSA) is 53.9 Å². The van der Waals surface area contributed by atoms with E-state index < -0.39 is 5.18 Å². The summed E-state index contributed by atoms with van der Waals surface area (Å²) in [5, 5.41) is 8.61. The highest BCUT2D eigenvalue weighted by Crippen LogP contribution is 2.53. The number of fused-ring (bicyclic) bond motifs is 4. The van der Waals surface area contributed by atoms with Crippen LogP contribution in [0.5, 0.6) is 5.75 Å². The highest BCUT2D eigenvalue weighted by molar-refractivity contribution is 8.05. The van der Waals surface area contributed by atoms with E-state index in [0.29, 0.717) is 11.3 Å². The first kappa shape index (κ1) is 19.1. The molecule has 2 atom stereocenters. The summed E-state index contributed by atoms with van der Waals surface area (Å²) in [6.45, 7) is 0. The number of para-hydroxylation sites is 1. The van der Waals surface area contributed by atoms with Gasteiger partial charge in [-0.2, -0.15) is 5.10 Å². The molecule has 1 N–H and O–H groups in total. The van der Waals surface area contributed by atoms with Gasteiger partial charge in [0.2, 0.25) is 0 Å². The van der Waals surface area contributed by atoms with Gasteiger partial charge in [0, 0.05) is 12.0 Å². The predicted octanol–water partition coefficient (Wildman–Crippen LogP) is 4.88. The number of hydrogen-bond donors (Lipinski definition) is 1. The zero-order chi connectivity index (χ0) is 21.7. The van der Waals surface area contributed by atoms with Crippen LogP contribution in [0, 0.1) is 5.82 Å². The Morgan fingerprint density at radius 3 is 2.62 bits per heavy atom. The maximum absolute atomic E-state index is 13.3. The van der Waals surface area contributed by atoms with Crippen molar-refractivity contribution in [1.29, 1.82) is 0 Å². The number of carbonyl (C=O) groups is 1. The molecular weight excluding hydrogens is 425 g/mol. The van der Waals surface area contributed by atoms with E-state index >= 15 is 0 Å². The van der Waals surface area contributed by atoms with Gasteiger partial charge in [0.05, 0.1) is 16.7 Å². The average Bonchev–Trinajstić information content (AvgIpc) is 3.39. The lowest BCUT2D eigenvalue weighted by Gasteiger charge is -2.43. The molecule has 158 valence electrons. The summed E-state index contributed by atoms with van der Waals surface area (Å²) >= 11 is 1.28. The molecule has 1 saturated heterocycles. The van der Waals surface area contributed by atoms with E-state index in [0.717, 1.165) is 28.2 Å². The summed E-state index contributed by atoms with van der Waals surface area (Å²) < 4.78 is 19.7. The number of thioether (sulfide) groups is 1. The number of hydrazone groups is 1. The van der Waals surface area contributed by atoms with Gasteiger partial charge < -0.3 is 4.74 Å². The number of rotatable bonds is 2. The fraction of sp³-hybridized carbons (Fsp3) is 0.120. The Kier molecular flexibility index (Phi) is 4.33. The van der Waals surface area contributed by atoms with Crippen LogP contribution in [-0.2, 0) is 4.79 Å². The van der Waals surface area contributed by atoms with Crippen molar-refractivity contribution in [2.75, 3.05) is 0 Å². The molecule has 3 aliphatic rings. The van der Waals surface area contributed by atoms with Gasteiger partial charge in [-0.1, -0.05) is 60.7 Å². The van der Waals surface area contributed by atoms with Crippen LogP contribution in [0.3, 0.4) is 0 Å². The van der Waals surface area contributed by atoms with E-state index in [-0.39, 0.29) is 17.8 Å². The van der Waals surface area contributed by atoms with Crippen molar-refractivity contribution < 1.29 is 13.9 Å². The lowest BCUT2D eigenvalue weighted by atomic mass is 9.97. The van der Waals surface area contributed by atoms with Crippen LogP contribution in [0.1, 0.15) is 29.2 Å². The van der Waals surface area contributed by atoms with Gasteiger partial charge >= 0.3 is 5.18 Å². The van der Waals surface area contributed by atoms with Crippen molar-refractivity contribution in [3.63, 3.8) is 0 Å². The third kappa shape index (κ3) is 3.08. The van der Waals surface area contributed by atoms with E-state index in [1.54, 1.807) is 18.2 Å². The molecule has 0 aliphatic carbocycles. The lowest BCUT2D eigenvalue weighted by Crippen LogP contribution is -2.58. The molecular formula is C25H18FN3O2S. The first-order valence-corrected chi connectivity index (χ1v) is 11.1. The van der Waals surface area contributed by atoms with E-state index in [2.05, 4.69) is 5.32 Å². The van der Waals surface area contributed by atoms with E-state index in [4.69, 9.17) is 9.84 Å². The number of carbonyl (C=O) groups excluding carboxylic acids is 1. The Bertz CT molecular complexity index is 1280. The molecule has 7 heteroatoms. The van der Waals surface area contributed by atoms with Crippen LogP contribution >= 0.6 is 11.8 Å². The summed E-state index contributed by atoms with van der Waals surface area (Å²) in [6, 6.07) is 23.9. The molecule has 3 heterocycles. The Hall–Kier alpha value is -3.58. The van der Waals surface area contributed by atoms with Crippen LogP contribution in [0.2, 0.25) is 0 Å². The van der Waals surface area contributed by atoms with Crippen LogP contribution in [0.4, 0.5) is 4.39 Å². The molecule has 1 spiro atoms. The van der Waals surface area contributed by atoms with Crippen LogP contribution in [-0.4, -0.2) is 21.8 Å². The molecule has 3 aliphatic heterocycles. The fourth-order valence-electron chi connectivity index (χ4n) is 4.26. The Balaban J connectivity index is 1.42. The van der Waals surface area contributed by atoms with Gasteiger partial charge in [-0.15, -0.1) is 0 Å². The maximum atomic E-state index is 13.3. The van der Waals surface area contributed by atoms with Gasteiger partial charge in [-0.25, -0.2) is 9.40 Å². The standard InChI is InChI=1S/C25H18FN3O2S/c26-18-12-10-16(11-13-18)14-23-24(30)27-25(32-23)29-21(19-8-4-5-9-22(19)31-25)15-20(28-29)17-6-2-1-3-7-17/h1-14,21H,15H2,(H,27,30)/b23-14-/t21-,25+/m1/s1. The highest BCUT2D eigenvalue weighted by atomic mass is 32.2. The molecule has 0 bridgehead atoms. The molecule has 0 unspecified atom stereocenters. The van der Waals surface area contributed by atoms with E-state index in [1.165, 1.54) is 23.9 Å². The minimum Gasteiger partial charge on any atom is -0.439 e. The summed E-state index contributed by atoms with van der Waals surface area (Å²) in [5.74, 6) is 0.164. The molecule has 0 aromatic heterocycles. The quantitative estimate of drug-likeness (QED) is 0.574. The molecule has 32 heavy (non-hydrogen) atoms. The summed E-state index contributed by atoms with van der Waals surface area (Å²) in [6.07, 6.45) is 2.45. The van der Waals surface area contributed by atoms with E-state index in [9.17, 15) is 9.18 Å². The number of nitrogens with one attached hydrogen (secondary N) is 1. The number of ether oxygens (including phenoxy) is 1. The largest absolute Gasteiger partial charge is 0.439 e. The van der Waals surface area contributed by atoms with Crippen molar-refractivity contribution in [2.24, 2.45) is 5.10 Å². The fourth-order valence-corrected chi connectivity index (χ4v) is 5.43. The maximum Gasteiger partial charge on any atom is 0.336 e. The Morgan fingerprint density at radius 2 is 1.81 bits per heavy atom. The first-order chi connectivity index (χ1) is 15.6. The zero-order valence-electron chi connectivity index (χ0n) is 16.9. The first-order valence-electron chi connectivity index (χ1n) is 10.3. The van der Waals surface area contributed by atoms with Gasteiger partial charge in [-0.3, -0.25) is 10.1 Å². The van der Waals surface area contributed by atoms with Crippen LogP contribution in [0.15, 0.2) is 88.9 Å². The molecule has 0 saturated carbocycles. The zero-order valence-corrected chi connectivity index (χ0v) is 17.7. The second-order valence-corrected chi connectivity index (χ2v) is 9.01. The molecule has 6 rings (SSSR count). The summed E-state index contributed by atoms with van der Waals surface area (Å²) in [4.78, 5) is 13.4. The second kappa shape index (κ2) is 7.24. The molecule has 3 aromatic carbocycles. The second-order valence-electron chi connectivity index (χ2n) is 7.82. The van der Waals surface area contributed by atoms with Gasteiger partial charge in [-0.05, 0) is 47.2 Å². The number of halogens is 1. The third-order valence-corrected chi connectivity index (χ3v) is 6.93. The Morgan fingerprint density at radius 1 is 1.06 bits per heavy atom. The monoisotopic (exact) mass is 443 g/mol. The van der Waals surface area contributed by atoms with Crippen molar-refractivity contribution in [1.82, 2.24) is 10.3 Å². The van der Waals surface area contributed by atoms with Gasteiger partial charge in [0.15, 0.2) is 0 Å². The van der Waals surface area contributed by atoms with Crippen LogP contribution < -0.4 is 10.1 Å². The van der Waals surface area contributed by atoms with Crippen molar-refractivity contribution in [2.45, 2.75) is 17.6 Å². The smallest absolute Gasteiger partial charge is 0.336 e. The van der Waals surface area contributed by atoms with Crippen molar-refractivity contribution in [3.05, 3.63) is 106 Å². The summed E-state index contributed by atoms with van der Waals surface area (Å²) in [5.41, 5.74) is 3.77. The normalized spacial score (nSPS) is 24.7. The van der Waals surface area contributed by atoms with Gasteiger partial charge in [0.25, 0.3) is 5.91 Å². The molecule has 5 nitrogen and oxygen atoms in total. The third-order valence-electron chi connectivity index (χ3n) is 5.76. The molecule has 1 amide bonds. The van der Waals surface area contributed by atoms with Gasteiger partial charge in [0.1, 0.15) is 11.6 Å². The number of nitrogens with zero attached hydrogens (tertiary/aromatic N) is 2. The predicted molar refractivity (Wildman–Crippen MR) is 122 cm³/mol. The molecule has 1 fully saturated rings. The van der Waals surface area contributed by atoms with E-state index in [1.807, 2.05) is 59.6 Å². The minimum absolute atomic E-state index is 0.0619. The van der Waals surface area contributed by atoms with Crippen molar-refractivity contribution in [3.8, 4) is 5.75 Å². The lowest BCUT2D eigenvalue weighted by molar-refractivity contribution is -0.127. The average molecular weight is 444 g/mol. The number of hydrogen-bond acceptors (Lipinski definition) is 5. The van der Waals surface area contributed by atoms with Crippen molar-refractivity contribution >= 4 is 29.5 Å². The van der Waals surface area contributed by atoms with Crippen LogP contribution in [0.25, 0.3) is 6.08 Å². The number of benzene rings is 3. The SMILES string of the molecule is O=C1N[C@]2(Oc3ccccc3[C@H]3CC(c4ccccc4)=NN32)S/C1=C\c1ccc(F)cc1. The minimum atomic E-state index is -1.18. The highest BCUT2D eigenvalue weighted by Gasteiger charge is 2.57. The molecule has 0 radical (unpaired) electrons.